The summed E-state index contributed by atoms with van der Waals surface area (Å²) in [6, 6.07) is 0.0395. The standard InChI is InChI=1S/C10H17N3/c1-5-10(3,4)13-8-6-7-9(2)11-12-13/h9H,5,8H2,1-4H3. The van der Waals surface area contributed by atoms with Crippen molar-refractivity contribution in [2.75, 3.05) is 6.54 Å². The van der Waals surface area contributed by atoms with Gasteiger partial charge in [0.15, 0.2) is 0 Å². The molecular weight excluding hydrogens is 162 g/mol. The van der Waals surface area contributed by atoms with E-state index in [1.165, 1.54) is 0 Å². The molecule has 0 aromatic heterocycles. The molecule has 1 heterocycles. The second kappa shape index (κ2) is 3.78. The Balaban J connectivity index is 2.75. The Bertz CT molecular complexity index is 257. The predicted octanol–water partition coefficient (Wildman–Crippen LogP) is 2.25. The van der Waals surface area contributed by atoms with Crippen LogP contribution in [0.4, 0.5) is 0 Å². The summed E-state index contributed by atoms with van der Waals surface area (Å²) < 4.78 is 0. The summed E-state index contributed by atoms with van der Waals surface area (Å²) in [6.45, 7) is 9.11. The normalized spacial score (nSPS) is 22.2. The zero-order valence-corrected chi connectivity index (χ0v) is 8.83. The molecule has 0 saturated heterocycles. The molecule has 1 aliphatic heterocycles. The summed E-state index contributed by atoms with van der Waals surface area (Å²) in [5.74, 6) is 6.09. The van der Waals surface area contributed by atoms with Crippen molar-refractivity contribution in [1.82, 2.24) is 5.01 Å². The van der Waals surface area contributed by atoms with Gasteiger partial charge in [-0.05, 0) is 27.2 Å². The van der Waals surface area contributed by atoms with Crippen molar-refractivity contribution >= 4 is 0 Å². The van der Waals surface area contributed by atoms with E-state index in [1.54, 1.807) is 0 Å². The molecule has 1 unspecified atom stereocenters. The molecule has 1 rings (SSSR count). The predicted molar refractivity (Wildman–Crippen MR) is 53.2 cm³/mol. The van der Waals surface area contributed by atoms with Crippen LogP contribution in [0.1, 0.15) is 34.1 Å². The highest BCUT2D eigenvalue weighted by Gasteiger charge is 2.23. The van der Waals surface area contributed by atoms with Gasteiger partial charge in [-0.15, -0.1) is 0 Å². The molecule has 0 radical (unpaired) electrons. The Kier molecular flexibility index (Phi) is 2.92. The van der Waals surface area contributed by atoms with E-state index in [4.69, 9.17) is 0 Å². The SMILES string of the molecule is CCC(C)(C)N1CC#CC(C)N=N1. The van der Waals surface area contributed by atoms with Crippen LogP contribution in [0.15, 0.2) is 10.3 Å². The average Bonchev–Trinajstić information content (AvgIpc) is 2.30. The zero-order valence-electron chi connectivity index (χ0n) is 8.83. The van der Waals surface area contributed by atoms with Gasteiger partial charge in [0.1, 0.15) is 6.04 Å². The highest BCUT2D eigenvalue weighted by Crippen LogP contribution is 2.19. The third kappa shape index (κ3) is 2.45. The van der Waals surface area contributed by atoms with Crippen molar-refractivity contribution in [3.05, 3.63) is 0 Å². The Labute approximate surface area is 80.2 Å². The van der Waals surface area contributed by atoms with Gasteiger partial charge in [-0.2, -0.15) is 5.11 Å². The molecule has 0 spiro atoms. The Morgan fingerprint density at radius 3 is 2.85 bits per heavy atom. The van der Waals surface area contributed by atoms with Crippen LogP contribution in [0.3, 0.4) is 0 Å². The van der Waals surface area contributed by atoms with E-state index in [0.29, 0.717) is 6.54 Å². The van der Waals surface area contributed by atoms with Crippen LogP contribution in [0.5, 0.6) is 0 Å². The Morgan fingerprint density at radius 1 is 1.54 bits per heavy atom. The molecule has 0 fully saturated rings. The van der Waals surface area contributed by atoms with Crippen LogP contribution in [-0.2, 0) is 0 Å². The Morgan fingerprint density at radius 2 is 2.23 bits per heavy atom. The molecule has 1 atom stereocenters. The first kappa shape index (κ1) is 10.0. The van der Waals surface area contributed by atoms with E-state index >= 15 is 0 Å². The fraction of sp³-hybridized carbons (Fsp3) is 0.800. The molecule has 0 amide bonds. The van der Waals surface area contributed by atoms with Gasteiger partial charge in [-0.1, -0.05) is 24.0 Å². The summed E-state index contributed by atoms with van der Waals surface area (Å²) in [6.07, 6.45) is 1.04. The van der Waals surface area contributed by atoms with E-state index in [2.05, 4.69) is 42.9 Å². The van der Waals surface area contributed by atoms with Gasteiger partial charge < -0.3 is 0 Å². The maximum atomic E-state index is 4.18. The highest BCUT2D eigenvalue weighted by molar-refractivity contribution is 5.09. The molecule has 0 aliphatic carbocycles. The van der Waals surface area contributed by atoms with Crippen molar-refractivity contribution in [2.45, 2.75) is 45.7 Å². The lowest BCUT2D eigenvalue weighted by molar-refractivity contribution is 0.127. The number of rotatable bonds is 2. The largest absolute Gasteiger partial charge is 0.261 e. The van der Waals surface area contributed by atoms with Crippen LogP contribution in [-0.4, -0.2) is 23.1 Å². The van der Waals surface area contributed by atoms with Crippen LogP contribution >= 0.6 is 0 Å². The molecule has 0 N–H and O–H groups in total. The van der Waals surface area contributed by atoms with Gasteiger partial charge in [0, 0.05) is 0 Å². The summed E-state index contributed by atoms with van der Waals surface area (Å²) in [4.78, 5) is 0. The van der Waals surface area contributed by atoms with Crippen LogP contribution in [0, 0.1) is 11.8 Å². The second-order valence-electron chi connectivity index (χ2n) is 3.93. The summed E-state index contributed by atoms with van der Waals surface area (Å²) in [5.41, 5.74) is 0.0578. The minimum Gasteiger partial charge on any atom is -0.261 e. The van der Waals surface area contributed by atoms with Crippen molar-refractivity contribution in [3.8, 4) is 11.8 Å². The van der Waals surface area contributed by atoms with Crippen LogP contribution in [0.25, 0.3) is 0 Å². The van der Waals surface area contributed by atoms with E-state index < -0.39 is 0 Å². The molecule has 3 nitrogen and oxygen atoms in total. The van der Waals surface area contributed by atoms with Crippen molar-refractivity contribution in [3.63, 3.8) is 0 Å². The van der Waals surface area contributed by atoms with Gasteiger partial charge in [-0.3, -0.25) is 5.01 Å². The number of hydrogen-bond donors (Lipinski definition) is 0. The van der Waals surface area contributed by atoms with E-state index in [0.717, 1.165) is 6.42 Å². The van der Waals surface area contributed by atoms with Gasteiger partial charge in [0.2, 0.25) is 0 Å². The molecule has 13 heavy (non-hydrogen) atoms. The van der Waals surface area contributed by atoms with Crippen molar-refractivity contribution in [1.29, 1.82) is 0 Å². The smallest absolute Gasteiger partial charge is 0.130 e. The summed E-state index contributed by atoms with van der Waals surface area (Å²) >= 11 is 0. The van der Waals surface area contributed by atoms with Crippen molar-refractivity contribution in [2.24, 2.45) is 10.3 Å². The lowest BCUT2D eigenvalue weighted by Crippen LogP contribution is -2.39. The summed E-state index contributed by atoms with van der Waals surface area (Å²) in [7, 11) is 0. The quantitative estimate of drug-likeness (QED) is 0.597. The van der Waals surface area contributed by atoms with Gasteiger partial charge in [0.05, 0.1) is 12.1 Å². The summed E-state index contributed by atoms with van der Waals surface area (Å²) in [5, 5.41) is 10.2. The second-order valence-corrected chi connectivity index (χ2v) is 3.93. The first-order valence-electron chi connectivity index (χ1n) is 4.73. The third-order valence-corrected chi connectivity index (χ3v) is 2.44. The molecule has 0 aromatic carbocycles. The average molecular weight is 179 g/mol. The number of nitrogens with zero attached hydrogens (tertiary/aromatic N) is 3. The molecule has 0 bridgehead atoms. The minimum atomic E-state index is 0.0395. The van der Waals surface area contributed by atoms with E-state index in [1.807, 2.05) is 11.9 Å². The van der Waals surface area contributed by atoms with E-state index in [9.17, 15) is 0 Å². The lowest BCUT2D eigenvalue weighted by atomic mass is 10.0. The zero-order chi connectivity index (χ0) is 9.90. The first-order valence-corrected chi connectivity index (χ1v) is 4.73. The van der Waals surface area contributed by atoms with Gasteiger partial charge in [0.25, 0.3) is 0 Å². The maximum absolute atomic E-state index is 4.18. The fourth-order valence-corrected chi connectivity index (χ4v) is 0.986. The molecule has 1 aliphatic rings. The Hall–Kier alpha value is -1.04. The topological polar surface area (TPSA) is 28.0 Å². The molecule has 72 valence electrons. The third-order valence-electron chi connectivity index (χ3n) is 2.44. The molecule has 0 saturated carbocycles. The molecule has 3 heteroatoms. The van der Waals surface area contributed by atoms with Crippen LogP contribution < -0.4 is 0 Å². The minimum absolute atomic E-state index is 0.0395. The maximum Gasteiger partial charge on any atom is 0.130 e. The van der Waals surface area contributed by atoms with Crippen LogP contribution in [0.2, 0.25) is 0 Å². The monoisotopic (exact) mass is 179 g/mol. The highest BCUT2D eigenvalue weighted by atomic mass is 15.6. The van der Waals surface area contributed by atoms with E-state index in [-0.39, 0.29) is 11.6 Å². The molecular formula is C10H17N3. The van der Waals surface area contributed by atoms with Gasteiger partial charge >= 0.3 is 0 Å². The first-order chi connectivity index (χ1) is 6.06. The fourth-order valence-electron chi connectivity index (χ4n) is 0.986. The molecule has 0 aromatic rings. The van der Waals surface area contributed by atoms with Gasteiger partial charge in [-0.25, -0.2) is 0 Å². The number of hydrogen-bond acceptors (Lipinski definition) is 3. The van der Waals surface area contributed by atoms with Crippen molar-refractivity contribution < 1.29 is 0 Å². The lowest BCUT2D eigenvalue weighted by Gasteiger charge is -2.32.